The molecule has 0 saturated carbocycles. The summed E-state index contributed by atoms with van der Waals surface area (Å²) in [5, 5.41) is 4.29. The molecule has 1 aliphatic rings. The number of aromatic amines is 1. The van der Waals surface area contributed by atoms with Crippen molar-refractivity contribution in [1.29, 1.82) is 0 Å². The molecule has 0 aliphatic carbocycles. The highest BCUT2D eigenvalue weighted by Crippen LogP contribution is 2.07. The first-order valence-corrected chi connectivity index (χ1v) is 7.24. The molecule has 2 aromatic rings. The van der Waals surface area contributed by atoms with Crippen LogP contribution in [-0.4, -0.2) is 54.1 Å². The van der Waals surface area contributed by atoms with E-state index in [4.69, 9.17) is 0 Å². The second kappa shape index (κ2) is 9.44. The summed E-state index contributed by atoms with van der Waals surface area (Å²) in [6.07, 6.45) is 7.38. The second-order valence-electron chi connectivity index (χ2n) is 5.22. The van der Waals surface area contributed by atoms with Gasteiger partial charge in [0.15, 0.2) is 0 Å². The Balaban J connectivity index is 0.000000185. The summed E-state index contributed by atoms with van der Waals surface area (Å²) < 4.78 is 0. The van der Waals surface area contributed by atoms with Gasteiger partial charge < -0.3 is 15.2 Å². The zero-order valence-electron chi connectivity index (χ0n) is 13.1. The molecule has 2 N–H and O–H groups in total. The average molecular weight is 277 g/mol. The van der Waals surface area contributed by atoms with Crippen LogP contribution in [0.1, 0.15) is 25.6 Å². The molecule has 5 heteroatoms. The third-order valence-corrected chi connectivity index (χ3v) is 2.62. The van der Waals surface area contributed by atoms with Crippen LogP contribution in [0, 0.1) is 0 Å². The van der Waals surface area contributed by atoms with Crippen LogP contribution in [0.15, 0.2) is 18.5 Å². The minimum atomic E-state index is 0.884. The van der Waals surface area contributed by atoms with Gasteiger partial charge >= 0.3 is 0 Å². The Kier molecular flexibility index (Phi) is 7.84. The third-order valence-electron chi connectivity index (χ3n) is 2.62. The number of nitrogens with zero attached hydrogens (tertiary/aromatic N) is 3. The van der Waals surface area contributed by atoms with E-state index in [0.29, 0.717) is 0 Å². The Bertz CT molecular complexity index is 463. The first kappa shape index (κ1) is 16.6. The standard InChI is InChI=1S/C8H9N3.C4H9N.C3H9N/c1-2-7-10-5-6-3-4-9-8(6)11-7;1-2-4-5-3-1;1-4(2)3/h3-5H,2H2,1H3,(H,9,10,11);5H,1-4H2;1-3H3. The number of rotatable bonds is 1. The molecular formula is C15H27N5. The predicted molar refractivity (Wildman–Crippen MR) is 85.0 cm³/mol. The molecule has 3 rings (SSSR count). The van der Waals surface area contributed by atoms with Crippen LogP contribution in [0.25, 0.3) is 11.0 Å². The van der Waals surface area contributed by atoms with Gasteiger partial charge in [0, 0.05) is 24.2 Å². The minimum absolute atomic E-state index is 0.884. The van der Waals surface area contributed by atoms with Crippen LogP contribution in [-0.2, 0) is 6.42 Å². The molecule has 0 unspecified atom stereocenters. The van der Waals surface area contributed by atoms with Gasteiger partial charge in [0.2, 0.25) is 0 Å². The van der Waals surface area contributed by atoms with Crippen LogP contribution in [0.2, 0.25) is 0 Å². The maximum atomic E-state index is 4.29. The molecule has 0 radical (unpaired) electrons. The topological polar surface area (TPSA) is 56.8 Å². The normalized spacial score (nSPS) is 13.7. The summed E-state index contributed by atoms with van der Waals surface area (Å²) in [7, 11) is 6.00. The van der Waals surface area contributed by atoms with Crippen LogP contribution in [0.4, 0.5) is 0 Å². The maximum Gasteiger partial charge on any atom is 0.140 e. The molecule has 1 fully saturated rings. The molecule has 1 aliphatic heterocycles. The Labute approximate surface area is 121 Å². The van der Waals surface area contributed by atoms with E-state index in [1.807, 2.05) is 51.4 Å². The Morgan fingerprint density at radius 3 is 2.35 bits per heavy atom. The Morgan fingerprint density at radius 2 is 1.85 bits per heavy atom. The molecule has 5 nitrogen and oxygen atoms in total. The monoisotopic (exact) mass is 277 g/mol. The summed E-state index contributed by atoms with van der Waals surface area (Å²) in [6, 6.07) is 1.97. The van der Waals surface area contributed by atoms with Crippen LogP contribution in [0.5, 0.6) is 0 Å². The molecule has 2 aromatic heterocycles. The van der Waals surface area contributed by atoms with Crippen LogP contribution < -0.4 is 5.32 Å². The zero-order chi connectivity index (χ0) is 14.8. The van der Waals surface area contributed by atoms with Gasteiger partial charge in [0.25, 0.3) is 0 Å². The van der Waals surface area contributed by atoms with Gasteiger partial charge in [-0.25, -0.2) is 9.97 Å². The van der Waals surface area contributed by atoms with Crippen molar-refractivity contribution in [1.82, 2.24) is 25.2 Å². The van der Waals surface area contributed by atoms with E-state index in [1.165, 1.54) is 25.9 Å². The van der Waals surface area contributed by atoms with Gasteiger partial charge in [-0.2, -0.15) is 0 Å². The van der Waals surface area contributed by atoms with Gasteiger partial charge in [-0.3, -0.25) is 0 Å². The zero-order valence-corrected chi connectivity index (χ0v) is 13.1. The molecule has 0 amide bonds. The summed E-state index contributed by atoms with van der Waals surface area (Å²) >= 11 is 0. The quantitative estimate of drug-likeness (QED) is 0.838. The molecule has 0 bridgehead atoms. The molecule has 3 heterocycles. The summed E-state index contributed by atoms with van der Waals surface area (Å²) in [5.74, 6) is 0.889. The van der Waals surface area contributed by atoms with Gasteiger partial charge in [0.05, 0.1) is 0 Å². The van der Waals surface area contributed by atoms with Gasteiger partial charge in [-0.1, -0.05) is 6.92 Å². The van der Waals surface area contributed by atoms with E-state index in [0.717, 1.165) is 23.3 Å². The largest absolute Gasteiger partial charge is 0.346 e. The van der Waals surface area contributed by atoms with Crippen LogP contribution >= 0.6 is 0 Å². The number of H-pyrrole nitrogens is 1. The van der Waals surface area contributed by atoms with Crippen molar-refractivity contribution >= 4 is 11.0 Å². The molecule has 112 valence electrons. The van der Waals surface area contributed by atoms with Gasteiger partial charge in [-0.05, 0) is 53.1 Å². The van der Waals surface area contributed by atoms with Crippen molar-refractivity contribution in [2.45, 2.75) is 26.2 Å². The molecular weight excluding hydrogens is 250 g/mol. The van der Waals surface area contributed by atoms with E-state index in [1.54, 1.807) is 0 Å². The fourth-order valence-electron chi connectivity index (χ4n) is 1.67. The maximum absolute atomic E-state index is 4.29. The highest BCUT2D eigenvalue weighted by Gasteiger charge is 1.96. The van der Waals surface area contributed by atoms with Crippen molar-refractivity contribution in [3.8, 4) is 0 Å². The molecule has 20 heavy (non-hydrogen) atoms. The lowest BCUT2D eigenvalue weighted by atomic mass is 10.4. The third kappa shape index (κ3) is 6.63. The van der Waals surface area contributed by atoms with Gasteiger partial charge in [0.1, 0.15) is 11.5 Å². The summed E-state index contributed by atoms with van der Waals surface area (Å²) in [5.41, 5.74) is 0.928. The van der Waals surface area contributed by atoms with E-state index in [-0.39, 0.29) is 0 Å². The lowest BCUT2D eigenvalue weighted by Crippen LogP contribution is -2.03. The van der Waals surface area contributed by atoms with Crippen molar-refractivity contribution in [2.24, 2.45) is 0 Å². The summed E-state index contributed by atoms with van der Waals surface area (Å²) in [4.78, 5) is 13.5. The summed E-state index contributed by atoms with van der Waals surface area (Å²) in [6.45, 7) is 4.55. The highest BCUT2D eigenvalue weighted by molar-refractivity contribution is 5.73. The number of aryl methyl sites for hydroxylation is 1. The Morgan fingerprint density at radius 1 is 1.20 bits per heavy atom. The number of nitrogens with one attached hydrogen (secondary N) is 2. The van der Waals surface area contributed by atoms with E-state index in [2.05, 4.69) is 20.3 Å². The number of aromatic nitrogens is 3. The number of hydrogen-bond donors (Lipinski definition) is 2. The molecule has 1 saturated heterocycles. The minimum Gasteiger partial charge on any atom is -0.346 e. The SMILES string of the molecule is C1CCNC1.CCc1ncc2cc[nH]c2n1.CN(C)C. The Hall–Kier alpha value is -1.46. The second-order valence-corrected chi connectivity index (χ2v) is 5.22. The van der Waals surface area contributed by atoms with Crippen molar-refractivity contribution < 1.29 is 0 Å². The number of fused-ring (bicyclic) bond motifs is 1. The molecule has 0 spiro atoms. The smallest absolute Gasteiger partial charge is 0.140 e. The average Bonchev–Trinajstić information content (AvgIpc) is 3.11. The van der Waals surface area contributed by atoms with Crippen LogP contribution in [0.3, 0.4) is 0 Å². The fraction of sp³-hybridized carbons (Fsp3) is 0.600. The van der Waals surface area contributed by atoms with E-state index in [9.17, 15) is 0 Å². The lowest BCUT2D eigenvalue weighted by Gasteiger charge is -1.92. The lowest BCUT2D eigenvalue weighted by molar-refractivity contribution is 0.505. The van der Waals surface area contributed by atoms with E-state index < -0.39 is 0 Å². The van der Waals surface area contributed by atoms with Crippen molar-refractivity contribution in [2.75, 3.05) is 34.2 Å². The van der Waals surface area contributed by atoms with E-state index >= 15 is 0 Å². The van der Waals surface area contributed by atoms with Crippen molar-refractivity contribution in [3.05, 3.63) is 24.3 Å². The highest BCUT2D eigenvalue weighted by atomic mass is 15.0. The number of hydrogen-bond acceptors (Lipinski definition) is 4. The molecule has 0 atom stereocenters. The first-order chi connectivity index (χ1) is 9.63. The molecule has 0 aromatic carbocycles. The first-order valence-electron chi connectivity index (χ1n) is 7.24. The predicted octanol–water partition coefficient (Wildman–Crippen LogP) is 2.07. The van der Waals surface area contributed by atoms with Gasteiger partial charge in [-0.15, -0.1) is 0 Å². The van der Waals surface area contributed by atoms with Crippen molar-refractivity contribution in [3.63, 3.8) is 0 Å². The fourth-order valence-corrected chi connectivity index (χ4v) is 1.67.